The molecule has 0 aromatic rings. The average Bonchev–Trinajstić information content (AvgIpc) is 1.96. The molecule has 0 rings (SSSR count). The Morgan fingerprint density at radius 2 is 2.00 bits per heavy atom. The Bertz CT molecular complexity index is 149. The molecule has 3 N–H and O–H groups in total. The van der Waals surface area contributed by atoms with Gasteiger partial charge in [-0.25, -0.2) is 4.79 Å². The highest BCUT2D eigenvalue weighted by Crippen LogP contribution is 1.90. The van der Waals surface area contributed by atoms with E-state index in [1.54, 1.807) is 0 Å². The van der Waals surface area contributed by atoms with Gasteiger partial charge in [0.05, 0.1) is 0 Å². The first-order chi connectivity index (χ1) is 6.02. The highest BCUT2D eigenvalue weighted by molar-refractivity contribution is 5.64. The number of nitrogens with one attached hydrogen (secondary N) is 2. The van der Waals surface area contributed by atoms with Crippen molar-refractivity contribution < 1.29 is 9.90 Å². The van der Waals surface area contributed by atoms with Crippen molar-refractivity contribution in [3.8, 4) is 0 Å². The van der Waals surface area contributed by atoms with Crippen molar-refractivity contribution in [3.05, 3.63) is 0 Å². The van der Waals surface area contributed by atoms with E-state index in [-0.39, 0.29) is 6.04 Å². The summed E-state index contributed by atoms with van der Waals surface area (Å²) >= 11 is 0. The standard InChI is InChI=1S/C9H20N2O2/c1-7(2)6-10-5-4-8(3)11-9(12)13/h7-8,10-11H,4-6H2,1-3H3,(H,12,13)/t8-/m1/s1. The molecule has 0 saturated heterocycles. The molecule has 4 heteroatoms. The fraction of sp³-hybridized carbons (Fsp3) is 0.889. The Kier molecular flexibility index (Phi) is 6.32. The Balaban J connectivity index is 3.26. The fourth-order valence-electron chi connectivity index (χ4n) is 0.992. The summed E-state index contributed by atoms with van der Waals surface area (Å²) in [4.78, 5) is 10.2. The summed E-state index contributed by atoms with van der Waals surface area (Å²) in [6.07, 6.45) is -0.115. The molecule has 0 heterocycles. The zero-order valence-electron chi connectivity index (χ0n) is 8.63. The van der Waals surface area contributed by atoms with Crippen molar-refractivity contribution in [2.75, 3.05) is 13.1 Å². The van der Waals surface area contributed by atoms with Crippen molar-refractivity contribution in [1.82, 2.24) is 10.6 Å². The zero-order chi connectivity index (χ0) is 10.3. The van der Waals surface area contributed by atoms with E-state index in [1.807, 2.05) is 6.92 Å². The molecular formula is C9H20N2O2. The minimum Gasteiger partial charge on any atom is -0.465 e. The number of carboxylic acid groups (broad SMARTS) is 1. The first kappa shape index (κ1) is 12.2. The second kappa shape index (κ2) is 6.71. The summed E-state index contributed by atoms with van der Waals surface area (Å²) in [7, 11) is 0. The van der Waals surface area contributed by atoms with Crippen LogP contribution in [-0.2, 0) is 0 Å². The maximum atomic E-state index is 10.2. The van der Waals surface area contributed by atoms with Crippen LogP contribution < -0.4 is 10.6 Å². The van der Waals surface area contributed by atoms with E-state index >= 15 is 0 Å². The van der Waals surface area contributed by atoms with Crippen molar-refractivity contribution in [2.45, 2.75) is 33.2 Å². The van der Waals surface area contributed by atoms with Crippen LogP contribution in [-0.4, -0.2) is 30.3 Å². The molecule has 0 bridgehead atoms. The van der Waals surface area contributed by atoms with Gasteiger partial charge in [-0.15, -0.1) is 0 Å². The molecule has 0 unspecified atom stereocenters. The van der Waals surface area contributed by atoms with Gasteiger partial charge in [-0.2, -0.15) is 0 Å². The third-order valence-corrected chi connectivity index (χ3v) is 1.68. The number of carbonyl (C=O) groups is 1. The van der Waals surface area contributed by atoms with E-state index in [9.17, 15) is 4.79 Å². The van der Waals surface area contributed by atoms with Crippen molar-refractivity contribution in [2.24, 2.45) is 5.92 Å². The minimum atomic E-state index is -0.948. The quantitative estimate of drug-likeness (QED) is 0.550. The second-order valence-electron chi connectivity index (χ2n) is 3.74. The maximum Gasteiger partial charge on any atom is 0.404 e. The number of rotatable bonds is 6. The normalized spacial score (nSPS) is 12.9. The Morgan fingerprint density at radius 1 is 1.38 bits per heavy atom. The van der Waals surface area contributed by atoms with Gasteiger partial charge in [0.15, 0.2) is 0 Å². The molecule has 4 nitrogen and oxygen atoms in total. The average molecular weight is 188 g/mol. The van der Waals surface area contributed by atoms with E-state index in [4.69, 9.17) is 5.11 Å². The molecule has 0 spiro atoms. The van der Waals surface area contributed by atoms with E-state index in [2.05, 4.69) is 24.5 Å². The van der Waals surface area contributed by atoms with Crippen molar-refractivity contribution >= 4 is 6.09 Å². The molecule has 0 radical (unpaired) electrons. The van der Waals surface area contributed by atoms with E-state index < -0.39 is 6.09 Å². The van der Waals surface area contributed by atoms with Crippen LogP contribution in [0.1, 0.15) is 27.2 Å². The maximum absolute atomic E-state index is 10.2. The van der Waals surface area contributed by atoms with Crippen LogP contribution in [0.5, 0.6) is 0 Å². The lowest BCUT2D eigenvalue weighted by molar-refractivity contribution is 0.190. The first-order valence-corrected chi connectivity index (χ1v) is 4.72. The van der Waals surface area contributed by atoms with Crippen molar-refractivity contribution in [3.63, 3.8) is 0 Å². The summed E-state index contributed by atoms with van der Waals surface area (Å²) in [5.74, 6) is 0.641. The SMILES string of the molecule is CC(C)CNCC[C@@H](C)NC(=O)O. The van der Waals surface area contributed by atoms with Gasteiger partial charge in [0.1, 0.15) is 0 Å². The van der Waals surface area contributed by atoms with Crippen LogP contribution in [0.4, 0.5) is 4.79 Å². The molecule has 0 aliphatic rings. The van der Waals surface area contributed by atoms with Gasteiger partial charge >= 0.3 is 6.09 Å². The highest BCUT2D eigenvalue weighted by Gasteiger charge is 2.03. The third kappa shape index (κ3) is 9.14. The summed E-state index contributed by atoms with van der Waals surface area (Å²) in [6.45, 7) is 8.00. The van der Waals surface area contributed by atoms with Gasteiger partial charge in [-0.05, 0) is 32.4 Å². The molecule has 0 saturated carbocycles. The lowest BCUT2D eigenvalue weighted by atomic mass is 10.2. The predicted octanol–water partition coefficient (Wildman–Crippen LogP) is 1.28. The first-order valence-electron chi connectivity index (χ1n) is 4.72. The summed E-state index contributed by atoms with van der Waals surface area (Å²) in [5.41, 5.74) is 0. The number of hydrogen-bond acceptors (Lipinski definition) is 2. The number of amides is 1. The molecular weight excluding hydrogens is 168 g/mol. The Labute approximate surface area is 79.7 Å². The van der Waals surface area contributed by atoms with Gasteiger partial charge in [0, 0.05) is 6.04 Å². The van der Waals surface area contributed by atoms with E-state index in [0.717, 1.165) is 19.5 Å². The molecule has 0 aromatic heterocycles. The lowest BCUT2D eigenvalue weighted by Crippen LogP contribution is -2.34. The lowest BCUT2D eigenvalue weighted by Gasteiger charge is -2.12. The van der Waals surface area contributed by atoms with Crippen molar-refractivity contribution in [1.29, 1.82) is 0 Å². The summed E-state index contributed by atoms with van der Waals surface area (Å²) < 4.78 is 0. The molecule has 0 fully saturated rings. The molecule has 13 heavy (non-hydrogen) atoms. The Hall–Kier alpha value is -0.770. The molecule has 0 aliphatic carbocycles. The highest BCUT2D eigenvalue weighted by atomic mass is 16.4. The van der Waals surface area contributed by atoms with Crippen LogP contribution in [0.2, 0.25) is 0 Å². The van der Waals surface area contributed by atoms with Gasteiger partial charge in [-0.1, -0.05) is 13.8 Å². The van der Waals surface area contributed by atoms with Crippen LogP contribution in [0, 0.1) is 5.92 Å². The van der Waals surface area contributed by atoms with E-state index in [1.165, 1.54) is 0 Å². The summed E-state index contributed by atoms with van der Waals surface area (Å²) in [5, 5.41) is 14.1. The van der Waals surface area contributed by atoms with Gasteiger partial charge in [-0.3, -0.25) is 0 Å². The van der Waals surface area contributed by atoms with Crippen LogP contribution in [0.15, 0.2) is 0 Å². The van der Waals surface area contributed by atoms with Gasteiger partial charge < -0.3 is 15.7 Å². The van der Waals surface area contributed by atoms with Crippen LogP contribution >= 0.6 is 0 Å². The molecule has 78 valence electrons. The molecule has 1 atom stereocenters. The van der Waals surface area contributed by atoms with E-state index in [0.29, 0.717) is 5.92 Å². The van der Waals surface area contributed by atoms with Gasteiger partial charge in [0.25, 0.3) is 0 Å². The molecule has 1 amide bonds. The largest absolute Gasteiger partial charge is 0.465 e. The monoisotopic (exact) mass is 188 g/mol. The fourth-order valence-corrected chi connectivity index (χ4v) is 0.992. The summed E-state index contributed by atoms with van der Waals surface area (Å²) in [6, 6.07) is 0.0252. The zero-order valence-corrected chi connectivity index (χ0v) is 8.63. The van der Waals surface area contributed by atoms with Crippen LogP contribution in [0.3, 0.4) is 0 Å². The Morgan fingerprint density at radius 3 is 2.46 bits per heavy atom. The van der Waals surface area contributed by atoms with Crippen LogP contribution in [0.25, 0.3) is 0 Å². The predicted molar refractivity (Wildman–Crippen MR) is 52.9 cm³/mol. The topological polar surface area (TPSA) is 61.4 Å². The molecule has 0 aromatic carbocycles. The smallest absolute Gasteiger partial charge is 0.404 e. The molecule has 0 aliphatic heterocycles. The number of hydrogen-bond donors (Lipinski definition) is 3. The second-order valence-corrected chi connectivity index (χ2v) is 3.74. The minimum absolute atomic E-state index is 0.0252. The van der Waals surface area contributed by atoms with Gasteiger partial charge in [0.2, 0.25) is 0 Å². The third-order valence-electron chi connectivity index (χ3n) is 1.68.